The Bertz CT molecular complexity index is 670. The third-order valence-corrected chi connectivity index (χ3v) is 8.83. The summed E-state index contributed by atoms with van der Waals surface area (Å²) in [5, 5.41) is 11.4. The second-order valence-corrected chi connectivity index (χ2v) is 9.19. The average Bonchev–Trinajstić information content (AvgIpc) is 3.36. The number of aliphatic hydroxyl groups is 1. The zero-order chi connectivity index (χ0) is 16.7. The third-order valence-electron chi connectivity index (χ3n) is 8.83. The number of allylic oxidation sites excluding steroid dienone is 1. The number of terminal acetylenes is 1. The highest BCUT2D eigenvalue weighted by atomic mass is 16.3. The second kappa shape index (κ2) is 4.76. The Hall–Kier alpha value is -1.07. The normalized spacial score (nSPS) is 54.7. The van der Waals surface area contributed by atoms with Gasteiger partial charge in [0.2, 0.25) is 0 Å². The lowest BCUT2D eigenvalue weighted by Crippen LogP contribution is -2.55. The van der Waals surface area contributed by atoms with Crippen molar-refractivity contribution in [3.05, 3.63) is 11.6 Å². The molecule has 0 spiro atoms. The molecule has 0 saturated heterocycles. The largest absolute Gasteiger partial charge is 0.377 e. The summed E-state index contributed by atoms with van der Waals surface area (Å²) in [6, 6.07) is 0. The SMILES string of the molecule is C#C[C@]1(O)[C@H]2C[C@H]2[C@H]2[C@@H]3CCC4=CC(=O)CC[C@@H]4[C@H]3CC[C@@]21CC. The maximum Gasteiger partial charge on any atom is 0.155 e. The molecule has 0 amide bonds. The summed E-state index contributed by atoms with van der Waals surface area (Å²) < 4.78 is 0. The molecule has 0 radical (unpaired) electrons. The van der Waals surface area contributed by atoms with Crippen LogP contribution in [0.5, 0.6) is 0 Å². The highest BCUT2D eigenvalue weighted by Gasteiger charge is 2.76. The van der Waals surface area contributed by atoms with Crippen LogP contribution in [0.15, 0.2) is 11.6 Å². The van der Waals surface area contributed by atoms with Gasteiger partial charge in [0.05, 0.1) is 0 Å². The summed E-state index contributed by atoms with van der Waals surface area (Å²) >= 11 is 0. The quantitative estimate of drug-likeness (QED) is 0.746. The maximum atomic E-state index is 11.8. The number of hydrogen-bond acceptors (Lipinski definition) is 2. The third kappa shape index (κ3) is 1.61. The van der Waals surface area contributed by atoms with Gasteiger partial charge in [0, 0.05) is 17.8 Å². The minimum Gasteiger partial charge on any atom is -0.377 e. The Morgan fingerprint density at radius 3 is 2.83 bits per heavy atom. The van der Waals surface area contributed by atoms with Gasteiger partial charge in [-0.3, -0.25) is 4.79 Å². The van der Waals surface area contributed by atoms with Crippen LogP contribution < -0.4 is 0 Å². The van der Waals surface area contributed by atoms with E-state index in [9.17, 15) is 9.90 Å². The van der Waals surface area contributed by atoms with Crippen molar-refractivity contribution in [2.75, 3.05) is 0 Å². The van der Waals surface area contributed by atoms with Crippen molar-refractivity contribution < 1.29 is 9.90 Å². The van der Waals surface area contributed by atoms with Crippen molar-refractivity contribution in [1.29, 1.82) is 0 Å². The van der Waals surface area contributed by atoms with Gasteiger partial charge in [-0.05, 0) is 80.6 Å². The van der Waals surface area contributed by atoms with E-state index in [4.69, 9.17) is 6.42 Å². The fourth-order valence-electron chi connectivity index (χ4n) is 7.89. The first-order chi connectivity index (χ1) is 11.6. The summed E-state index contributed by atoms with van der Waals surface area (Å²) in [6.45, 7) is 2.24. The first-order valence-electron chi connectivity index (χ1n) is 9.99. The lowest BCUT2D eigenvalue weighted by molar-refractivity contribution is -0.123. The topological polar surface area (TPSA) is 37.3 Å². The van der Waals surface area contributed by atoms with E-state index in [1.54, 1.807) is 0 Å². The Kier molecular flexibility index (Phi) is 3.02. The van der Waals surface area contributed by atoms with Gasteiger partial charge in [0.25, 0.3) is 0 Å². The second-order valence-electron chi connectivity index (χ2n) is 9.19. The Morgan fingerprint density at radius 1 is 1.25 bits per heavy atom. The van der Waals surface area contributed by atoms with E-state index in [1.165, 1.54) is 18.4 Å². The minimum atomic E-state index is -0.860. The zero-order valence-corrected chi connectivity index (χ0v) is 14.6. The van der Waals surface area contributed by atoms with Crippen LogP contribution in [0, 0.1) is 53.3 Å². The molecule has 5 aliphatic rings. The van der Waals surface area contributed by atoms with Gasteiger partial charge < -0.3 is 5.11 Å². The molecule has 5 aliphatic carbocycles. The van der Waals surface area contributed by atoms with Crippen molar-refractivity contribution in [1.82, 2.24) is 0 Å². The predicted molar refractivity (Wildman–Crippen MR) is 92.9 cm³/mol. The van der Waals surface area contributed by atoms with E-state index in [-0.39, 0.29) is 5.41 Å². The standard InChI is InChI=1S/C22H28O2/c1-3-21-10-9-16-15-8-6-14(23)11-13(15)5-7-17(16)20(21)18-12-19(18)22(21,24)4-2/h2,11,15-20,24H,3,5-10,12H2,1H3/t15-,16+,17+,18+,19-,20+,21-,22-/m0/s1. The van der Waals surface area contributed by atoms with E-state index in [0.717, 1.165) is 44.4 Å². The number of rotatable bonds is 1. The van der Waals surface area contributed by atoms with Crippen LogP contribution in [0.25, 0.3) is 0 Å². The Morgan fingerprint density at radius 2 is 2.08 bits per heavy atom. The van der Waals surface area contributed by atoms with E-state index in [1.807, 2.05) is 6.08 Å². The molecule has 0 bridgehead atoms. The summed E-state index contributed by atoms with van der Waals surface area (Å²) in [5.74, 6) is 6.93. The molecule has 0 aromatic rings. The first kappa shape index (κ1) is 15.2. The van der Waals surface area contributed by atoms with Gasteiger partial charge in [0.1, 0.15) is 5.60 Å². The minimum absolute atomic E-state index is 0.0395. The van der Waals surface area contributed by atoms with E-state index in [2.05, 4.69) is 12.8 Å². The molecule has 4 fully saturated rings. The molecule has 4 saturated carbocycles. The Balaban J connectivity index is 1.53. The van der Waals surface area contributed by atoms with Gasteiger partial charge in [-0.1, -0.05) is 18.4 Å². The van der Waals surface area contributed by atoms with Crippen LogP contribution in [0.1, 0.15) is 58.3 Å². The van der Waals surface area contributed by atoms with Crippen molar-refractivity contribution in [2.45, 2.75) is 63.9 Å². The maximum absolute atomic E-state index is 11.8. The molecule has 5 rings (SSSR count). The molecule has 8 atom stereocenters. The molecule has 0 heterocycles. The zero-order valence-electron chi connectivity index (χ0n) is 14.6. The molecule has 1 N–H and O–H groups in total. The number of carbonyl (C=O) groups is 1. The highest BCUT2D eigenvalue weighted by molar-refractivity contribution is 5.91. The van der Waals surface area contributed by atoms with Crippen LogP contribution in [0.4, 0.5) is 0 Å². The van der Waals surface area contributed by atoms with Crippen molar-refractivity contribution in [3.63, 3.8) is 0 Å². The van der Waals surface area contributed by atoms with Crippen LogP contribution in [0.2, 0.25) is 0 Å². The predicted octanol–water partition coefficient (Wildman–Crippen LogP) is 3.74. The molecule has 2 nitrogen and oxygen atoms in total. The lowest BCUT2D eigenvalue weighted by atomic mass is 9.48. The summed E-state index contributed by atoms with van der Waals surface area (Å²) in [5.41, 5.74) is 0.539. The molecule has 0 unspecified atom stereocenters. The molecule has 2 heteroatoms. The highest BCUT2D eigenvalue weighted by Crippen LogP contribution is 2.76. The summed E-state index contributed by atoms with van der Waals surface area (Å²) in [6.07, 6.45) is 16.4. The molecule has 0 aromatic heterocycles. The molecule has 0 aromatic carbocycles. The van der Waals surface area contributed by atoms with Gasteiger partial charge in [-0.2, -0.15) is 0 Å². The van der Waals surface area contributed by atoms with Crippen LogP contribution in [0.3, 0.4) is 0 Å². The van der Waals surface area contributed by atoms with Gasteiger partial charge in [-0.25, -0.2) is 0 Å². The molecular weight excluding hydrogens is 296 g/mol. The number of fused-ring (bicyclic) bond motifs is 7. The van der Waals surface area contributed by atoms with Crippen molar-refractivity contribution in [2.24, 2.45) is 40.9 Å². The summed E-state index contributed by atoms with van der Waals surface area (Å²) in [7, 11) is 0. The molecular formula is C22H28O2. The average molecular weight is 324 g/mol. The number of hydrogen-bond donors (Lipinski definition) is 1. The smallest absolute Gasteiger partial charge is 0.155 e. The van der Waals surface area contributed by atoms with Crippen LogP contribution in [-0.4, -0.2) is 16.5 Å². The molecule has 0 aliphatic heterocycles. The van der Waals surface area contributed by atoms with Gasteiger partial charge in [-0.15, -0.1) is 6.42 Å². The van der Waals surface area contributed by atoms with Crippen LogP contribution >= 0.6 is 0 Å². The van der Waals surface area contributed by atoms with Gasteiger partial charge in [0.15, 0.2) is 5.78 Å². The van der Waals surface area contributed by atoms with Crippen molar-refractivity contribution >= 4 is 5.78 Å². The van der Waals surface area contributed by atoms with Crippen LogP contribution in [-0.2, 0) is 4.79 Å². The van der Waals surface area contributed by atoms with E-state index in [0.29, 0.717) is 35.4 Å². The van der Waals surface area contributed by atoms with Gasteiger partial charge >= 0.3 is 0 Å². The fourth-order valence-corrected chi connectivity index (χ4v) is 7.89. The fraction of sp³-hybridized carbons (Fsp3) is 0.773. The number of ketones is 1. The van der Waals surface area contributed by atoms with E-state index >= 15 is 0 Å². The monoisotopic (exact) mass is 324 g/mol. The Labute approximate surface area is 145 Å². The first-order valence-corrected chi connectivity index (χ1v) is 9.99. The molecule has 128 valence electrons. The number of carbonyl (C=O) groups excluding carboxylic acids is 1. The van der Waals surface area contributed by atoms with Crippen molar-refractivity contribution in [3.8, 4) is 12.3 Å². The lowest BCUT2D eigenvalue weighted by Gasteiger charge is -2.57. The van der Waals surface area contributed by atoms with E-state index < -0.39 is 5.60 Å². The summed E-state index contributed by atoms with van der Waals surface area (Å²) in [4.78, 5) is 11.8. The molecule has 24 heavy (non-hydrogen) atoms.